The van der Waals surface area contributed by atoms with E-state index >= 15 is 0 Å². The van der Waals surface area contributed by atoms with E-state index in [9.17, 15) is 24.3 Å². The van der Waals surface area contributed by atoms with Crippen LogP contribution in [0.25, 0.3) is 0 Å². The number of aryl methyl sites for hydroxylation is 2. The zero-order valence-electron chi connectivity index (χ0n) is 26.8. The second-order valence-electron chi connectivity index (χ2n) is 12.4. The smallest absolute Gasteiger partial charge is 0.306 e. The molecular weight excluding hydrogens is 666 g/mol. The van der Waals surface area contributed by atoms with Gasteiger partial charge < -0.3 is 29.7 Å². The highest BCUT2D eigenvalue weighted by molar-refractivity contribution is 9.09. The van der Waals surface area contributed by atoms with Crippen LogP contribution in [-0.2, 0) is 28.7 Å². The van der Waals surface area contributed by atoms with Gasteiger partial charge in [-0.25, -0.2) is 0 Å². The number of halogens is 1. The number of ether oxygens (including phenoxy) is 2. The van der Waals surface area contributed by atoms with Gasteiger partial charge >= 0.3 is 5.97 Å². The number of para-hydroxylation sites is 1. The molecule has 3 saturated heterocycles. The summed E-state index contributed by atoms with van der Waals surface area (Å²) in [6.07, 6.45) is 3.55. The van der Waals surface area contributed by atoms with Gasteiger partial charge in [-0.3, -0.25) is 19.2 Å². The Morgan fingerprint density at radius 1 is 1.15 bits per heavy atom. The Morgan fingerprint density at radius 3 is 2.49 bits per heavy atom. The molecule has 0 aromatic heterocycles. The number of carbonyl (C=O) groups excluding carboxylic acids is 4. The number of rotatable bonds is 14. The Labute approximate surface area is 283 Å². The van der Waals surface area contributed by atoms with Gasteiger partial charge in [0.25, 0.3) is 5.91 Å². The van der Waals surface area contributed by atoms with Crippen molar-refractivity contribution in [3.8, 4) is 0 Å². The number of esters is 1. The maximum Gasteiger partial charge on any atom is 0.306 e. The van der Waals surface area contributed by atoms with Gasteiger partial charge in [0.05, 0.1) is 30.6 Å². The SMILES string of the molecule is C=CCCC(=O)OC[C@@H](NC(=O)[C@@H]1[C@H]2O[C@@]3(CC2Br)[C@H](C(=O)N(CC=C)c2c(C)cccc2C)N(CCO)C(=O)[C@@H]13)c1ccccc1. The molecule has 2 N–H and O–H groups in total. The summed E-state index contributed by atoms with van der Waals surface area (Å²) in [6, 6.07) is 13.2. The van der Waals surface area contributed by atoms with E-state index in [4.69, 9.17) is 9.47 Å². The number of β-amino-alcohol motifs (C(OH)–C–C–N with tert-alkyl or cyclic N) is 1. The van der Waals surface area contributed by atoms with Crippen molar-refractivity contribution in [3.63, 3.8) is 0 Å². The monoisotopic (exact) mass is 707 g/mol. The first-order valence-corrected chi connectivity index (χ1v) is 16.8. The third kappa shape index (κ3) is 6.40. The largest absolute Gasteiger partial charge is 0.463 e. The summed E-state index contributed by atoms with van der Waals surface area (Å²) >= 11 is 3.71. The number of aliphatic hydroxyl groups excluding tert-OH is 1. The summed E-state index contributed by atoms with van der Waals surface area (Å²) in [7, 11) is 0. The molecule has 1 unspecified atom stereocenters. The first-order chi connectivity index (χ1) is 22.6. The van der Waals surface area contributed by atoms with E-state index in [1.165, 1.54) is 4.90 Å². The van der Waals surface area contributed by atoms with Crippen LogP contribution in [0.1, 0.15) is 42.0 Å². The first kappa shape index (κ1) is 34.5. The topological polar surface area (TPSA) is 125 Å². The summed E-state index contributed by atoms with van der Waals surface area (Å²) in [5.74, 6) is -3.52. The molecule has 11 heteroatoms. The molecule has 250 valence electrons. The van der Waals surface area contributed by atoms with Crippen molar-refractivity contribution in [3.05, 3.63) is 90.5 Å². The molecule has 3 amide bonds. The van der Waals surface area contributed by atoms with E-state index < -0.39 is 53.4 Å². The number of allylic oxidation sites excluding steroid dienone is 1. The van der Waals surface area contributed by atoms with Gasteiger partial charge in [0, 0.05) is 30.0 Å². The van der Waals surface area contributed by atoms with Gasteiger partial charge in [-0.05, 0) is 43.4 Å². The Balaban J connectivity index is 1.48. The summed E-state index contributed by atoms with van der Waals surface area (Å²) in [6.45, 7) is 11.0. The van der Waals surface area contributed by atoms with Gasteiger partial charge in [-0.15, -0.1) is 13.2 Å². The Morgan fingerprint density at radius 2 is 1.85 bits per heavy atom. The van der Waals surface area contributed by atoms with Crippen molar-refractivity contribution in [2.45, 2.75) is 61.7 Å². The maximum atomic E-state index is 14.7. The molecule has 7 atom stereocenters. The van der Waals surface area contributed by atoms with Crippen molar-refractivity contribution in [1.29, 1.82) is 0 Å². The maximum absolute atomic E-state index is 14.7. The lowest BCUT2D eigenvalue weighted by Gasteiger charge is -2.37. The highest BCUT2D eigenvalue weighted by Crippen LogP contribution is 2.60. The lowest BCUT2D eigenvalue weighted by atomic mass is 9.70. The lowest BCUT2D eigenvalue weighted by Crippen LogP contribution is -2.57. The molecule has 2 aromatic carbocycles. The predicted octanol–water partition coefficient (Wildman–Crippen LogP) is 3.93. The summed E-state index contributed by atoms with van der Waals surface area (Å²) in [5, 5.41) is 13.1. The van der Waals surface area contributed by atoms with Crippen LogP contribution in [0, 0.1) is 25.7 Å². The minimum Gasteiger partial charge on any atom is -0.463 e. The molecule has 5 rings (SSSR count). The number of nitrogens with one attached hydrogen (secondary N) is 1. The fourth-order valence-corrected chi connectivity index (χ4v) is 8.44. The van der Waals surface area contributed by atoms with Gasteiger partial charge in [0.1, 0.15) is 18.2 Å². The predicted molar refractivity (Wildman–Crippen MR) is 181 cm³/mol. The average Bonchev–Trinajstić information content (AvgIpc) is 3.65. The van der Waals surface area contributed by atoms with Crippen LogP contribution < -0.4 is 10.2 Å². The van der Waals surface area contributed by atoms with Crippen molar-refractivity contribution in [2.24, 2.45) is 11.8 Å². The van der Waals surface area contributed by atoms with Crippen molar-refractivity contribution in [1.82, 2.24) is 10.2 Å². The number of hydrogen-bond acceptors (Lipinski definition) is 7. The normalized spacial score (nSPS) is 26.4. The van der Waals surface area contributed by atoms with E-state index in [1.54, 1.807) is 17.1 Å². The number of benzene rings is 2. The molecule has 10 nitrogen and oxygen atoms in total. The number of hydrogen-bond donors (Lipinski definition) is 2. The molecule has 0 saturated carbocycles. The zero-order chi connectivity index (χ0) is 33.9. The number of anilines is 1. The number of aliphatic hydroxyl groups is 1. The number of likely N-dealkylation sites (tertiary alicyclic amines) is 1. The van der Waals surface area contributed by atoms with Gasteiger partial charge in [0.2, 0.25) is 11.8 Å². The van der Waals surface area contributed by atoms with Crippen LogP contribution in [-0.4, -0.2) is 82.6 Å². The zero-order valence-corrected chi connectivity index (χ0v) is 28.4. The minimum atomic E-state index is -1.31. The number of nitrogens with zero attached hydrogens (tertiary/aromatic N) is 2. The third-order valence-electron chi connectivity index (χ3n) is 9.44. The fourth-order valence-electron chi connectivity index (χ4n) is 7.50. The molecule has 0 aliphatic carbocycles. The highest BCUT2D eigenvalue weighted by Gasteiger charge is 2.76. The molecular formula is C36H42BrN3O7. The van der Waals surface area contributed by atoms with E-state index in [2.05, 4.69) is 34.4 Å². The van der Waals surface area contributed by atoms with E-state index in [-0.39, 0.29) is 43.5 Å². The van der Waals surface area contributed by atoms with Gasteiger partial charge in [-0.2, -0.15) is 0 Å². The molecule has 2 aromatic rings. The van der Waals surface area contributed by atoms with Crippen LogP contribution in [0.4, 0.5) is 5.69 Å². The Bertz CT molecular complexity index is 1510. The molecule has 0 radical (unpaired) electrons. The van der Waals surface area contributed by atoms with Crippen molar-refractivity contribution >= 4 is 45.3 Å². The summed E-state index contributed by atoms with van der Waals surface area (Å²) in [5.41, 5.74) is 1.92. The van der Waals surface area contributed by atoms with Crippen LogP contribution in [0.15, 0.2) is 73.8 Å². The fraction of sp³-hybridized carbons (Fsp3) is 0.444. The number of carbonyl (C=O) groups is 4. The van der Waals surface area contributed by atoms with Crippen molar-refractivity contribution in [2.75, 3.05) is 31.2 Å². The lowest BCUT2D eigenvalue weighted by molar-refractivity contribution is -0.146. The van der Waals surface area contributed by atoms with Gasteiger partial charge in [-0.1, -0.05) is 76.6 Å². The minimum absolute atomic E-state index is 0.0925. The quantitative estimate of drug-likeness (QED) is 0.173. The van der Waals surface area contributed by atoms with Crippen LogP contribution in [0.5, 0.6) is 0 Å². The van der Waals surface area contributed by atoms with Crippen LogP contribution in [0.2, 0.25) is 0 Å². The second kappa shape index (κ2) is 14.5. The van der Waals surface area contributed by atoms with Crippen LogP contribution in [0.3, 0.4) is 0 Å². The second-order valence-corrected chi connectivity index (χ2v) is 13.6. The number of alkyl halides is 1. The number of fused-ring (bicyclic) bond motifs is 1. The van der Waals surface area contributed by atoms with Crippen molar-refractivity contribution < 1.29 is 33.8 Å². The third-order valence-corrected chi connectivity index (χ3v) is 10.3. The Hall–Kier alpha value is -3.80. The highest BCUT2D eigenvalue weighted by atomic mass is 79.9. The molecule has 3 aliphatic heterocycles. The van der Waals surface area contributed by atoms with E-state index in [1.807, 2.05) is 62.4 Å². The van der Waals surface area contributed by atoms with E-state index in [0.29, 0.717) is 12.8 Å². The molecule has 3 fully saturated rings. The molecule has 3 heterocycles. The average molecular weight is 709 g/mol. The van der Waals surface area contributed by atoms with E-state index in [0.717, 1.165) is 22.4 Å². The standard InChI is InChI=1S/C36H42BrN3O7/c1-5-7-16-27(42)46-21-26(24-14-9-8-10-15-24)38-33(43)28-29-34(44)40(18-19-41)32(36(29)20-25(37)31(28)47-36)35(45)39(17-6-2)30-22(3)12-11-13-23(30)4/h5-6,8-15,25-26,28-29,31-32,41H,1-2,7,16-21H2,3-4H3,(H,38,43)/t25?,26-,28+,29-,31+,32+,36-/m1/s1. The van der Waals surface area contributed by atoms with Crippen LogP contribution >= 0.6 is 15.9 Å². The van der Waals surface area contributed by atoms with Gasteiger partial charge in [0.15, 0.2) is 0 Å². The molecule has 1 spiro atoms. The molecule has 2 bridgehead atoms. The summed E-state index contributed by atoms with van der Waals surface area (Å²) in [4.78, 5) is 58.3. The summed E-state index contributed by atoms with van der Waals surface area (Å²) < 4.78 is 12.2. The Kier molecular flexibility index (Phi) is 10.7. The number of amides is 3. The molecule has 47 heavy (non-hydrogen) atoms. The molecule has 3 aliphatic rings. The first-order valence-electron chi connectivity index (χ1n) is 15.9.